The molecule has 0 aromatic heterocycles. The zero-order valence-electron chi connectivity index (χ0n) is 6.87. The molecule has 0 spiro atoms. The number of carbonyl (C=O) groups excluding carboxylic acids is 1. The molecule has 1 aliphatic heterocycles. The molecule has 1 aromatic rings. The molecular weight excluding hydrogens is 208 g/mol. The molecule has 3 nitrogen and oxygen atoms in total. The smallest absolute Gasteiger partial charge is 0.306 e. The number of rotatable bonds is 0. The summed E-state index contributed by atoms with van der Waals surface area (Å²) in [6, 6.07) is 5.32. The molecule has 0 atom stereocenters. The summed E-state index contributed by atoms with van der Waals surface area (Å²) >= 11 is 7.29. The zero-order valence-corrected chi connectivity index (χ0v) is 8.45. The molecule has 13 heavy (non-hydrogen) atoms. The Kier molecular flexibility index (Phi) is 2.09. The first kappa shape index (κ1) is 8.72. The second kappa shape index (κ2) is 3.12. The Morgan fingerprint density at radius 3 is 3.08 bits per heavy atom. The lowest BCUT2D eigenvalue weighted by molar-refractivity contribution is 0.242. The fourth-order valence-electron chi connectivity index (χ4n) is 1.07. The Hall–Kier alpha value is -0.870. The Bertz CT molecular complexity index is 369. The normalized spacial score (nSPS) is 15.2. The average molecular weight is 215 g/mol. The molecule has 2 rings (SSSR count). The molecule has 0 saturated heterocycles. The SMILES string of the molecule is CN1Sc2c(Cl)cccc2NC1=O. The van der Waals surface area contributed by atoms with Gasteiger partial charge >= 0.3 is 6.03 Å². The van der Waals surface area contributed by atoms with E-state index in [0.29, 0.717) is 5.02 Å². The average Bonchev–Trinajstić information content (AvgIpc) is 2.09. The van der Waals surface area contributed by atoms with E-state index in [0.717, 1.165) is 10.6 Å². The number of anilines is 1. The first-order chi connectivity index (χ1) is 6.18. The highest BCUT2D eigenvalue weighted by Crippen LogP contribution is 2.38. The van der Waals surface area contributed by atoms with E-state index < -0.39 is 0 Å². The summed E-state index contributed by atoms with van der Waals surface area (Å²) in [4.78, 5) is 12.1. The van der Waals surface area contributed by atoms with E-state index >= 15 is 0 Å². The first-order valence-corrected chi connectivity index (χ1v) is 4.85. The molecule has 5 heteroatoms. The highest BCUT2D eigenvalue weighted by molar-refractivity contribution is 7.98. The number of hydrogen-bond donors (Lipinski definition) is 1. The third kappa shape index (κ3) is 1.47. The lowest BCUT2D eigenvalue weighted by Crippen LogP contribution is -2.29. The quantitative estimate of drug-likeness (QED) is 0.674. The van der Waals surface area contributed by atoms with Gasteiger partial charge in [0, 0.05) is 7.05 Å². The Morgan fingerprint density at radius 2 is 2.31 bits per heavy atom. The third-order valence-electron chi connectivity index (χ3n) is 1.72. The minimum Gasteiger partial charge on any atom is -0.306 e. The van der Waals surface area contributed by atoms with Crippen LogP contribution in [0.3, 0.4) is 0 Å². The molecule has 1 aromatic carbocycles. The van der Waals surface area contributed by atoms with Gasteiger partial charge in [0.1, 0.15) is 0 Å². The van der Waals surface area contributed by atoms with Gasteiger partial charge < -0.3 is 5.32 Å². The van der Waals surface area contributed by atoms with Gasteiger partial charge in [-0.05, 0) is 24.1 Å². The van der Waals surface area contributed by atoms with Crippen LogP contribution in [-0.2, 0) is 0 Å². The zero-order chi connectivity index (χ0) is 9.42. The fraction of sp³-hybridized carbons (Fsp3) is 0.125. The molecule has 1 N–H and O–H groups in total. The van der Waals surface area contributed by atoms with Gasteiger partial charge in [0.2, 0.25) is 0 Å². The van der Waals surface area contributed by atoms with Gasteiger partial charge in [-0.3, -0.25) is 4.31 Å². The molecular formula is C8H7ClN2OS. The van der Waals surface area contributed by atoms with E-state index in [2.05, 4.69) is 5.32 Å². The lowest BCUT2D eigenvalue weighted by atomic mass is 10.3. The van der Waals surface area contributed by atoms with E-state index in [1.54, 1.807) is 13.1 Å². The Labute approximate surface area is 85.2 Å². The van der Waals surface area contributed by atoms with Crippen molar-refractivity contribution in [3.8, 4) is 0 Å². The Balaban J connectivity index is 2.48. The van der Waals surface area contributed by atoms with Crippen LogP contribution in [0.15, 0.2) is 23.1 Å². The summed E-state index contributed by atoms with van der Waals surface area (Å²) in [5.41, 5.74) is 0.778. The van der Waals surface area contributed by atoms with Gasteiger partial charge in [-0.1, -0.05) is 17.7 Å². The van der Waals surface area contributed by atoms with Crippen LogP contribution in [-0.4, -0.2) is 17.4 Å². The van der Waals surface area contributed by atoms with Crippen LogP contribution in [0.25, 0.3) is 0 Å². The van der Waals surface area contributed by atoms with Crippen molar-refractivity contribution in [1.82, 2.24) is 4.31 Å². The van der Waals surface area contributed by atoms with Crippen LogP contribution in [0.4, 0.5) is 10.5 Å². The molecule has 68 valence electrons. The van der Waals surface area contributed by atoms with Crippen molar-refractivity contribution >= 4 is 35.3 Å². The van der Waals surface area contributed by atoms with Gasteiger partial charge in [0.05, 0.1) is 15.6 Å². The number of carbonyl (C=O) groups is 1. The predicted octanol–water partition coefficient (Wildman–Crippen LogP) is 2.82. The summed E-state index contributed by atoms with van der Waals surface area (Å²) in [7, 11) is 1.70. The first-order valence-electron chi connectivity index (χ1n) is 3.69. The monoisotopic (exact) mass is 214 g/mol. The number of amides is 2. The molecule has 0 fully saturated rings. The summed E-state index contributed by atoms with van der Waals surface area (Å²) < 4.78 is 1.51. The van der Waals surface area contributed by atoms with E-state index in [1.807, 2.05) is 12.1 Å². The lowest BCUT2D eigenvalue weighted by Gasteiger charge is -2.24. The standard InChI is InChI=1S/C8H7ClN2OS/c1-11-8(12)10-6-4-2-3-5(9)7(6)13-11/h2-4H,1H3,(H,10,12). The van der Waals surface area contributed by atoms with E-state index in [9.17, 15) is 4.79 Å². The van der Waals surface area contributed by atoms with Gasteiger partial charge in [-0.25, -0.2) is 4.79 Å². The number of halogens is 1. The third-order valence-corrected chi connectivity index (χ3v) is 3.21. The predicted molar refractivity (Wildman–Crippen MR) is 54.1 cm³/mol. The van der Waals surface area contributed by atoms with Crippen LogP contribution >= 0.6 is 23.5 Å². The molecule has 0 radical (unpaired) electrons. The van der Waals surface area contributed by atoms with Crippen molar-refractivity contribution in [3.63, 3.8) is 0 Å². The highest BCUT2D eigenvalue weighted by Gasteiger charge is 2.21. The molecule has 0 unspecified atom stereocenters. The van der Waals surface area contributed by atoms with Crippen LogP contribution in [0, 0.1) is 0 Å². The van der Waals surface area contributed by atoms with Crippen LogP contribution in [0.2, 0.25) is 5.02 Å². The second-order valence-electron chi connectivity index (χ2n) is 2.64. The fourth-order valence-corrected chi connectivity index (χ4v) is 2.13. The van der Waals surface area contributed by atoms with Gasteiger partial charge in [-0.2, -0.15) is 0 Å². The van der Waals surface area contributed by atoms with Gasteiger partial charge in [0.15, 0.2) is 0 Å². The highest BCUT2D eigenvalue weighted by atomic mass is 35.5. The number of nitrogens with zero attached hydrogens (tertiary/aromatic N) is 1. The van der Waals surface area contributed by atoms with E-state index in [4.69, 9.17) is 11.6 Å². The second-order valence-corrected chi connectivity index (χ2v) is 4.18. The topological polar surface area (TPSA) is 32.3 Å². The number of hydrogen-bond acceptors (Lipinski definition) is 2. The van der Waals surface area contributed by atoms with Crippen molar-refractivity contribution in [1.29, 1.82) is 0 Å². The number of fused-ring (bicyclic) bond motifs is 1. The molecule has 0 bridgehead atoms. The van der Waals surface area contributed by atoms with Crippen molar-refractivity contribution in [2.45, 2.75) is 4.90 Å². The molecule has 0 aliphatic carbocycles. The summed E-state index contributed by atoms with van der Waals surface area (Å²) in [5.74, 6) is 0. The van der Waals surface area contributed by atoms with Crippen molar-refractivity contribution in [3.05, 3.63) is 23.2 Å². The minimum absolute atomic E-state index is 0.125. The van der Waals surface area contributed by atoms with Crippen LogP contribution in [0.5, 0.6) is 0 Å². The maximum absolute atomic E-state index is 11.2. The number of urea groups is 1. The molecule has 0 saturated carbocycles. The van der Waals surface area contributed by atoms with Crippen molar-refractivity contribution in [2.75, 3.05) is 12.4 Å². The number of nitrogens with one attached hydrogen (secondary N) is 1. The summed E-state index contributed by atoms with van der Waals surface area (Å²) in [5, 5.41) is 3.39. The van der Waals surface area contributed by atoms with E-state index in [1.165, 1.54) is 16.3 Å². The van der Waals surface area contributed by atoms with Gasteiger partial charge in [0.25, 0.3) is 0 Å². The van der Waals surface area contributed by atoms with Crippen molar-refractivity contribution < 1.29 is 4.79 Å². The number of benzene rings is 1. The van der Waals surface area contributed by atoms with Gasteiger partial charge in [-0.15, -0.1) is 0 Å². The van der Waals surface area contributed by atoms with Crippen LogP contribution < -0.4 is 5.32 Å². The Morgan fingerprint density at radius 1 is 1.54 bits per heavy atom. The summed E-state index contributed by atoms with van der Waals surface area (Å²) in [6.07, 6.45) is 0. The van der Waals surface area contributed by atoms with Crippen LogP contribution in [0.1, 0.15) is 0 Å². The maximum atomic E-state index is 11.2. The van der Waals surface area contributed by atoms with E-state index in [-0.39, 0.29) is 6.03 Å². The summed E-state index contributed by atoms with van der Waals surface area (Å²) in [6.45, 7) is 0. The molecule has 2 amide bonds. The molecule has 1 heterocycles. The maximum Gasteiger partial charge on any atom is 0.331 e. The largest absolute Gasteiger partial charge is 0.331 e. The minimum atomic E-state index is -0.125. The van der Waals surface area contributed by atoms with Crippen molar-refractivity contribution in [2.24, 2.45) is 0 Å². The molecule has 1 aliphatic rings.